The summed E-state index contributed by atoms with van der Waals surface area (Å²) in [5.41, 5.74) is 2.03. The lowest BCUT2D eigenvalue weighted by atomic mass is 10.0. The van der Waals surface area contributed by atoms with Crippen LogP contribution in [0.1, 0.15) is 37.7 Å². The van der Waals surface area contributed by atoms with Crippen molar-refractivity contribution in [2.75, 3.05) is 63.0 Å². The third kappa shape index (κ3) is 7.54. The number of methoxy groups -OCH3 is 1. The van der Waals surface area contributed by atoms with Crippen molar-refractivity contribution in [3.05, 3.63) is 23.8 Å². The molecule has 0 spiro atoms. The van der Waals surface area contributed by atoms with E-state index >= 15 is 0 Å². The first kappa shape index (κ1) is 25.7. The van der Waals surface area contributed by atoms with Crippen LogP contribution in [0, 0.1) is 0 Å². The van der Waals surface area contributed by atoms with Gasteiger partial charge in [0.2, 0.25) is 17.8 Å². The maximum atomic E-state index is 8.99. The highest BCUT2D eigenvalue weighted by Crippen LogP contribution is 2.27. The maximum Gasteiger partial charge on any atom is 0.233 e. The van der Waals surface area contributed by atoms with E-state index in [1.807, 2.05) is 12.1 Å². The van der Waals surface area contributed by atoms with E-state index in [1.165, 1.54) is 0 Å². The molecule has 33 heavy (non-hydrogen) atoms. The lowest BCUT2D eigenvalue weighted by Crippen LogP contribution is -2.42. The predicted octanol–water partition coefficient (Wildman–Crippen LogP) is 3.66. The second-order valence-corrected chi connectivity index (χ2v) is 9.19. The number of aromatic nitrogens is 3. The Kier molecular flexibility index (Phi) is 10.2. The van der Waals surface area contributed by atoms with Crippen LogP contribution < -0.4 is 20.3 Å². The standard InChI is InChI=1S/C23H36IN7O2/c1-30-12-9-19(10-13-30)31(2)23-28-21(25-11-5-4-6-14-32)27-22(29-23)26-18-7-8-20(33-3)17(15-18)16-24/h7-8,15,19,32H,4-6,9-14,16H2,1-3H3,(H2,25,26,27,28,29). The van der Waals surface area contributed by atoms with Gasteiger partial charge in [-0.1, -0.05) is 22.6 Å². The number of hydrogen-bond acceptors (Lipinski definition) is 9. The Balaban J connectivity index is 1.80. The van der Waals surface area contributed by atoms with Crippen molar-refractivity contribution in [3.8, 4) is 5.75 Å². The van der Waals surface area contributed by atoms with Crippen LogP contribution in [0.25, 0.3) is 0 Å². The van der Waals surface area contributed by atoms with Crippen LogP contribution in [0.4, 0.5) is 23.5 Å². The Morgan fingerprint density at radius 1 is 1.15 bits per heavy atom. The molecule has 2 aromatic rings. The Morgan fingerprint density at radius 2 is 1.91 bits per heavy atom. The molecule has 10 heteroatoms. The van der Waals surface area contributed by atoms with Crippen LogP contribution in [-0.4, -0.2) is 78.4 Å². The van der Waals surface area contributed by atoms with Crippen molar-refractivity contribution in [3.63, 3.8) is 0 Å². The summed E-state index contributed by atoms with van der Waals surface area (Å²) >= 11 is 2.34. The van der Waals surface area contributed by atoms with Crippen molar-refractivity contribution in [2.45, 2.75) is 42.6 Å². The zero-order valence-corrected chi connectivity index (χ0v) is 22.0. The summed E-state index contributed by atoms with van der Waals surface area (Å²) in [5, 5.41) is 15.7. The quantitative estimate of drug-likeness (QED) is 0.201. The lowest BCUT2D eigenvalue weighted by Gasteiger charge is -2.35. The zero-order chi connectivity index (χ0) is 23.6. The number of halogens is 1. The number of ether oxygens (including phenoxy) is 1. The smallest absolute Gasteiger partial charge is 0.233 e. The fourth-order valence-corrected chi connectivity index (χ4v) is 4.50. The van der Waals surface area contributed by atoms with Crippen molar-refractivity contribution in [1.82, 2.24) is 19.9 Å². The number of likely N-dealkylation sites (tertiary alicyclic amines) is 1. The van der Waals surface area contributed by atoms with Gasteiger partial charge in [-0.2, -0.15) is 15.0 Å². The monoisotopic (exact) mass is 569 g/mol. The van der Waals surface area contributed by atoms with Crippen LogP contribution in [-0.2, 0) is 4.43 Å². The highest BCUT2D eigenvalue weighted by atomic mass is 127. The van der Waals surface area contributed by atoms with E-state index in [0.717, 1.165) is 73.2 Å². The molecule has 0 aliphatic carbocycles. The molecule has 1 saturated heterocycles. The largest absolute Gasteiger partial charge is 0.496 e. The SMILES string of the molecule is COc1ccc(Nc2nc(NCCCCCO)nc(N(C)C3CCN(C)CC3)n2)cc1CI. The number of anilines is 4. The molecule has 0 atom stereocenters. The number of nitrogens with zero attached hydrogens (tertiary/aromatic N) is 5. The van der Waals surface area contributed by atoms with E-state index < -0.39 is 0 Å². The van der Waals surface area contributed by atoms with Gasteiger partial charge in [0.05, 0.1) is 7.11 Å². The Morgan fingerprint density at radius 3 is 2.61 bits per heavy atom. The molecule has 2 heterocycles. The molecule has 1 aliphatic rings. The average molecular weight is 569 g/mol. The number of rotatable bonds is 12. The van der Waals surface area contributed by atoms with Gasteiger partial charge in [-0.05, 0) is 70.4 Å². The molecule has 0 radical (unpaired) electrons. The van der Waals surface area contributed by atoms with E-state index in [2.05, 4.69) is 68.2 Å². The van der Waals surface area contributed by atoms with E-state index in [9.17, 15) is 0 Å². The van der Waals surface area contributed by atoms with E-state index in [-0.39, 0.29) is 6.61 Å². The Bertz CT molecular complexity index is 878. The van der Waals surface area contributed by atoms with Crippen LogP contribution in [0.15, 0.2) is 18.2 Å². The molecule has 9 nitrogen and oxygen atoms in total. The van der Waals surface area contributed by atoms with Gasteiger partial charge in [-0.15, -0.1) is 0 Å². The van der Waals surface area contributed by atoms with Gasteiger partial charge < -0.3 is 30.3 Å². The number of unbranched alkanes of at least 4 members (excludes halogenated alkanes) is 2. The summed E-state index contributed by atoms with van der Waals surface area (Å²) in [7, 11) is 5.93. The molecule has 0 amide bonds. The molecular formula is C23H36IN7O2. The summed E-state index contributed by atoms with van der Waals surface area (Å²) in [4.78, 5) is 18.6. The molecule has 0 saturated carbocycles. The van der Waals surface area contributed by atoms with Crippen molar-refractivity contribution < 1.29 is 9.84 Å². The maximum absolute atomic E-state index is 8.99. The van der Waals surface area contributed by atoms with Crippen LogP contribution in [0.3, 0.4) is 0 Å². The van der Waals surface area contributed by atoms with Gasteiger partial charge in [0.1, 0.15) is 5.75 Å². The highest BCUT2D eigenvalue weighted by molar-refractivity contribution is 14.1. The highest BCUT2D eigenvalue weighted by Gasteiger charge is 2.23. The fourth-order valence-electron chi connectivity index (χ4n) is 3.91. The van der Waals surface area contributed by atoms with Gasteiger partial charge in [0.25, 0.3) is 0 Å². The first-order valence-electron chi connectivity index (χ1n) is 11.6. The number of piperidine rings is 1. The lowest BCUT2D eigenvalue weighted by molar-refractivity contribution is 0.252. The Labute approximate surface area is 210 Å². The molecule has 1 aromatic heterocycles. The van der Waals surface area contributed by atoms with Gasteiger partial charge in [0.15, 0.2) is 0 Å². The predicted molar refractivity (Wildman–Crippen MR) is 142 cm³/mol. The Hall–Kier alpha value is -1.92. The van der Waals surface area contributed by atoms with E-state index in [4.69, 9.17) is 19.8 Å². The average Bonchev–Trinajstić information content (AvgIpc) is 2.83. The van der Waals surface area contributed by atoms with Crippen molar-refractivity contribution in [2.24, 2.45) is 0 Å². The summed E-state index contributed by atoms with van der Waals surface area (Å²) in [6.45, 7) is 3.13. The summed E-state index contributed by atoms with van der Waals surface area (Å²) in [6.07, 6.45) is 4.90. The minimum absolute atomic E-state index is 0.229. The molecule has 1 fully saturated rings. The second-order valence-electron chi connectivity index (χ2n) is 8.42. The molecular weight excluding hydrogens is 533 g/mol. The third-order valence-electron chi connectivity index (χ3n) is 5.97. The van der Waals surface area contributed by atoms with Gasteiger partial charge in [-0.25, -0.2) is 0 Å². The fraction of sp³-hybridized carbons (Fsp3) is 0.609. The molecule has 3 N–H and O–H groups in total. The van der Waals surface area contributed by atoms with Crippen LogP contribution >= 0.6 is 22.6 Å². The number of aliphatic hydroxyl groups excluding tert-OH is 1. The molecule has 182 valence electrons. The van der Waals surface area contributed by atoms with E-state index in [0.29, 0.717) is 23.9 Å². The molecule has 1 aliphatic heterocycles. The summed E-state index contributed by atoms with van der Waals surface area (Å²) in [5.74, 6) is 2.62. The molecule has 3 rings (SSSR count). The molecule has 0 unspecified atom stereocenters. The third-order valence-corrected chi connectivity index (χ3v) is 6.80. The first-order chi connectivity index (χ1) is 16.0. The number of nitrogens with one attached hydrogen (secondary N) is 2. The number of hydrogen-bond donors (Lipinski definition) is 3. The van der Waals surface area contributed by atoms with Crippen molar-refractivity contribution >= 4 is 46.1 Å². The van der Waals surface area contributed by atoms with Crippen LogP contribution in [0.2, 0.25) is 0 Å². The first-order valence-corrected chi connectivity index (χ1v) is 13.1. The number of aliphatic hydroxyl groups is 1. The van der Waals surface area contributed by atoms with Gasteiger partial charge in [0, 0.05) is 41.9 Å². The minimum atomic E-state index is 0.229. The molecule has 1 aromatic carbocycles. The van der Waals surface area contributed by atoms with Gasteiger partial charge in [-0.3, -0.25) is 0 Å². The summed E-state index contributed by atoms with van der Waals surface area (Å²) in [6, 6.07) is 6.40. The normalized spacial score (nSPS) is 14.8. The van der Waals surface area contributed by atoms with Crippen molar-refractivity contribution in [1.29, 1.82) is 0 Å². The number of benzene rings is 1. The van der Waals surface area contributed by atoms with E-state index in [1.54, 1.807) is 7.11 Å². The number of alkyl halides is 1. The van der Waals surface area contributed by atoms with Gasteiger partial charge >= 0.3 is 0 Å². The van der Waals surface area contributed by atoms with Crippen LogP contribution in [0.5, 0.6) is 5.75 Å². The topological polar surface area (TPSA) is 98.7 Å². The minimum Gasteiger partial charge on any atom is -0.496 e. The zero-order valence-electron chi connectivity index (χ0n) is 19.8. The summed E-state index contributed by atoms with van der Waals surface area (Å²) < 4.78 is 6.29. The second kappa shape index (κ2) is 13.1. The molecule has 0 bridgehead atoms.